The van der Waals surface area contributed by atoms with Gasteiger partial charge in [0.2, 0.25) is 0 Å². The van der Waals surface area contributed by atoms with E-state index in [0.29, 0.717) is 11.3 Å². The molecule has 0 fully saturated rings. The molecular formula is C22H18F2N4O. The number of alkyl halides is 2. The van der Waals surface area contributed by atoms with E-state index in [0.717, 1.165) is 10.1 Å². The molecule has 29 heavy (non-hydrogen) atoms. The predicted molar refractivity (Wildman–Crippen MR) is 106 cm³/mol. The highest BCUT2D eigenvalue weighted by atomic mass is 19.3. The Morgan fingerprint density at radius 2 is 1.69 bits per heavy atom. The zero-order chi connectivity index (χ0) is 20.4. The molecule has 4 rings (SSSR count). The second-order valence-electron chi connectivity index (χ2n) is 6.63. The van der Waals surface area contributed by atoms with E-state index in [1.807, 2.05) is 43.3 Å². The van der Waals surface area contributed by atoms with Gasteiger partial charge in [-0.2, -0.15) is 5.10 Å². The third kappa shape index (κ3) is 3.71. The second-order valence-corrected chi connectivity index (χ2v) is 6.63. The average Bonchev–Trinajstić information content (AvgIpc) is 3.18. The third-order valence-corrected chi connectivity index (χ3v) is 4.68. The summed E-state index contributed by atoms with van der Waals surface area (Å²) in [6.45, 7) is 1.85. The molecule has 4 aromatic rings. The van der Waals surface area contributed by atoms with Crippen LogP contribution in [0.2, 0.25) is 0 Å². The fraction of sp³-hybridized carbons (Fsp3) is 0.136. The van der Waals surface area contributed by atoms with Crippen molar-refractivity contribution in [2.75, 3.05) is 0 Å². The minimum atomic E-state index is -2.76. The molecule has 0 saturated heterocycles. The number of hydrogen-bond donors (Lipinski definition) is 1. The highest BCUT2D eigenvalue weighted by Crippen LogP contribution is 2.27. The first-order chi connectivity index (χ1) is 14.0. The first-order valence-electron chi connectivity index (χ1n) is 9.12. The summed E-state index contributed by atoms with van der Waals surface area (Å²) in [6, 6.07) is 19.5. The van der Waals surface area contributed by atoms with Gasteiger partial charge in [-0.1, -0.05) is 60.7 Å². The summed E-state index contributed by atoms with van der Waals surface area (Å²) in [5, 5.41) is 6.87. The Morgan fingerprint density at radius 1 is 1.03 bits per heavy atom. The Morgan fingerprint density at radius 3 is 2.34 bits per heavy atom. The van der Waals surface area contributed by atoms with Gasteiger partial charge < -0.3 is 5.32 Å². The van der Waals surface area contributed by atoms with Crippen LogP contribution in [0.25, 0.3) is 16.9 Å². The Kier molecular flexibility index (Phi) is 5.03. The van der Waals surface area contributed by atoms with Gasteiger partial charge in [-0.25, -0.2) is 18.3 Å². The van der Waals surface area contributed by atoms with Crippen molar-refractivity contribution in [2.24, 2.45) is 0 Å². The van der Waals surface area contributed by atoms with E-state index in [1.54, 1.807) is 24.3 Å². The Labute approximate surface area is 166 Å². The molecule has 0 bridgehead atoms. The average molecular weight is 392 g/mol. The topological polar surface area (TPSA) is 59.3 Å². The van der Waals surface area contributed by atoms with Gasteiger partial charge in [0, 0.05) is 5.56 Å². The molecule has 0 aliphatic carbocycles. The van der Waals surface area contributed by atoms with Crippen LogP contribution in [0.4, 0.5) is 8.78 Å². The zero-order valence-electron chi connectivity index (χ0n) is 15.6. The number of nitrogens with one attached hydrogen (secondary N) is 1. The van der Waals surface area contributed by atoms with E-state index in [-0.39, 0.29) is 22.9 Å². The quantitative estimate of drug-likeness (QED) is 0.529. The lowest BCUT2D eigenvalue weighted by Crippen LogP contribution is -2.26. The lowest BCUT2D eigenvalue weighted by Gasteiger charge is -2.14. The van der Waals surface area contributed by atoms with E-state index in [9.17, 15) is 13.6 Å². The number of nitrogens with zero attached hydrogens (tertiary/aromatic N) is 3. The van der Waals surface area contributed by atoms with Gasteiger partial charge in [0.1, 0.15) is 11.3 Å². The van der Waals surface area contributed by atoms with Crippen LogP contribution in [0.1, 0.15) is 41.0 Å². The fourth-order valence-electron chi connectivity index (χ4n) is 3.16. The predicted octanol–water partition coefficient (Wildman–Crippen LogP) is 4.82. The lowest BCUT2D eigenvalue weighted by molar-refractivity contribution is 0.0941. The molecule has 7 heteroatoms. The summed E-state index contributed by atoms with van der Waals surface area (Å²) < 4.78 is 28.3. The second kappa shape index (κ2) is 7.79. The normalized spacial score (nSPS) is 12.3. The standard InChI is InChI=1S/C22H18F2N4O/c1-14(15-8-4-2-5-9-15)26-22(29)17-13-25-28-19(20(23)24)12-18(27-21(17)28)16-10-6-3-7-11-16/h2-14,20H,1H3,(H,26,29)/t14-/m1/s1. The van der Waals surface area contributed by atoms with Crippen molar-refractivity contribution >= 4 is 11.6 Å². The number of benzene rings is 2. The molecule has 2 heterocycles. The number of carbonyl (C=O) groups excluding carboxylic acids is 1. The number of carbonyl (C=O) groups is 1. The van der Waals surface area contributed by atoms with Gasteiger partial charge in [0.05, 0.1) is 17.9 Å². The molecule has 1 atom stereocenters. The molecule has 0 aliphatic heterocycles. The maximum absolute atomic E-state index is 13.6. The van der Waals surface area contributed by atoms with Crippen LogP contribution in [0.3, 0.4) is 0 Å². The minimum Gasteiger partial charge on any atom is -0.345 e. The van der Waals surface area contributed by atoms with Gasteiger partial charge in [0.25, 0.3) is 12.3 Å². The van der Waals surface area contributed by atoms with Gasteiger partial charge >= 0.3 is 0 Å². The number of halogens is 2. The first-order valence-corrected chi connectivity index (χ1v) is 9.12. The Balaban J connectivity index is 1.75. The highest BCUT2D eigenvalue weighted by molar-refractivity contribution is 6.00. The largest absolute Gasteiger partial charge is 0.345 e. The smallest absolute Gasteiger partial charge is 0.280 e. The van der Waals surface area contributed by atoms with Crippen molar-refractivity contribution in [1.29, 1.82) is 0 Å². The summed E-state index contributed by atoms with van der Waals surface area (Å²) in [6.07, 6.45) is -1.49. The van der Waals surface area contributed by atoms with Crippen molar-refractivity contribution in [1.82, 2.24) is 19.9 Å². The maximum atomic E-state index is 13.6. The fourth-order valence-corrected chi connectivity index (χ4v) is 3.16. The summed E-state index contributed by atoms with van der Waals surface area (Å²) in [7, 11) is 0. The Hall–Kier alpha value is -3.61. The minimum absolute atomic E-state index is 0.0967. The van der Waals surface area contributed by atoms with Crippen LogP contribution in [0.15, 0.2) is 72.9 Å². The molecule has 0 unspecified atom stereocenters. The van der Waals surface area contributed by atoms with Crippen LogP contribution in [0, 0.1) is 0 Å². The maximum Gasteiger partial charge on any atom is 0.280 e. The van der Waals surface area contributed by atoms with E-state index >= 15 is 0 Å². The summed E-state index contributed by atoms with van der Waals surface area (Å²) >= 11 is 0. The van der Waals surface area contributed by atoms with Crippen LogP contribution in [0.5, 0.6) is 0 Å². The van der Waals surface area contributed by atoms with Gasteiger partial charge in [-0.05, 0) is 18.6 Å². The highest BCUT2D eigenvalue weighted by Gasteiger charge is 2.22. The SMILES string of the molecule is C[C@@H](NC(=O)c1cnn2c(C(F)F)cc(-c3ccccc3)nc12)c1ccccc1. The molecule has 0 saturated carbocycles. The molecule has 1 amide bonds. The zero-order valence-corrected chi connectivity index (χ0v) is 15.6. The van der Waals surface area contributed by atoms with E-state index in [4.69, 9.17) is 0 Å². The monoisotopic (exact) mass is 392 g/mol. The molecule has 1 N–H and O–H groups in total. The number of aromatic nitrogens is 3. The van der Waals surface area contributed by atoms with Crippen LogP contribution in [-0.2, 0) is 0 Å². The summed E-state index contributed by atoms with van der Waals surface area (Å²) in [5.74, 6) is -0.422. The van der Waals surface area contributed by atoms with Crippen molar-refractivity contribution in [3.63, 3.8) is 0 Å². The molecule has 5 nitrogen and oxygen atoms in total. The van der Waals surface area contributed by atoms with Crippen LogP contribution in [-0.4, -0.2) is 20.5 Å². The van der Waals surface area contributed by atoms with Gasteiger partial charge in [0.15, 0.2) is 5.65 Å². The van der Waals surface area contributed by atoms with E-state index < -0.39 is 12.3 Å². The molecule has 0 radical (unpaired) electrons. The molecular weight excluding hydrogens is 374 g/mol. The van der Waals surface area contributed by atoms with Crippen molar-refractivity contribution < 1.29 is 13.6 Å². The van der Waals surface area contributed by atoms with Gasteiger partial charge in [-0.15, -0.1) is 0 Å². The number of fused-ring (bicyclic) bond motifs is 1. The summed E-state index contributed by atoms with van der Waals surface area (Å²) in [4.78, 5) is 17.3. The first kappa shape index (κ1) is 18.7. The molecule has 2 aromatic heterocycles. The van der Waals surface area contributed by atoms with Crippen molar-refractivity contribution in [3.05, 3.63) is 89.7 Å². The Bertz CT molecular complexity index is 1140. The van der Waals surface area contributed by atoms with Crippen molar-refractivity contribution in [2.45, 2.75) is 19.4 Å². The van der Waals surface area contributed by atoms with E-state index in [2.05, 4.69) is 15.4 Å². The third-order valence-electron chi connectivity index (χ3n) is 4.68. The van der Waals surface area contributed by atoms with E-state index in [1.165, 1.54) is 12.3 Å². The van der Waals surface area contributed by atoms with Gasteiger partial charge in [-0.3, -0.25) is 4.79 Å². The number of rotatable bonds is 5. The summed E-state index contributed by atoms with van der Waals surface area (Å²) in [5.41, 5.74) is 1.90. The molecule has 0 aliphatic rings. The molecule has 2 aromatic carbocycles. The van der Waals surface area contributed by atoms with Crippen LogP contribution < -0.4 is 5.32 Å². The molecule has 146 valence electrons. The van der Waals surface area contributed by atoms with Crippen molar-refractivity contribution in [3.8, 4) is 11.3 Å². The molecule has 0 spiro atoms. The number of hydrogen-bond acceptors (Lipinski definition) is 3. The lowest BCUT2D eigenvalue weighted by atomic mass is 10.1. The van der Waals surface area contributed by atoms with Crippen LogP contribution >= 0.6 is 0 Å². The number of amides is 1.